The first-order valence-corrected chi connectivity index (χ1v) is 4.71. The average Bonchev–Trinajstić information content (AvgIpc) is 2.64. The van der Waals surface area contributed by atoms with E-state index in [0.717, 1.165) is 19.4 Å². The van der Waals surface area contributed by atoms with Gasteiger partial charge in [-0.1, -0.05) is 0 Å². The van der Waals surface area contributed by atoms with Crippen LogP contribution in [0.15, 0.2) is 0 Å². The molecule has 1 heterocycles. The van der Waals surface area contributed by atoms with Crippen molar-refractivity contribution in [3.8, 4) is 0 Å². The van der Waals surface area contributed by atoms with Crippen LogP contribution in [0.4, 0.5) is 0 Å². The lowest BCUT2D eigenvalue weighted by Crippen LogP contribution is -2.42. The van der Waals surface area contributed by atoms with Crippen LogP contribution in [0.25, 0.3) is 0 Å². The third kappa shape index (κ3) is 2.45. The predicted molar refractivity (Wildman–Crippen MR) is 50.7 cm³/mol. The van der Waals surface area contributed by atoms with Crippen molar-refractivity contribution in [2.24, 2.45) is 0 Å². The topological polar surface area (TPSA) is 58.6 Å². The summed E-state index contributed by atoms with van der Waals surface area (Å²) in [5.41, 5.74) is 0. The van der Waals surface area contributed by atoms with Gasteiger partial charge in [-0.15, -0.1) is 0 Å². The van der Waals surface area contributed by atoms with Crippen molar-refractivity contribution in [2.75, 3.05) is 27.2 Å². The Morgan fingerprint density at radius 3 is 2.86 bits per heavy atom. The molecule has 0 aromatic heterocycles. The number of carbonyl (C=O) groups is 2. The van der Waals surface area contributed by atoms with E-state index in [-0.39, 0.29) is 24.5 Å². The second kappa shape index (κ2) is 4.95. The standard InChI is InChI=1S/C9H16N2O3/c1-10-8(12)6-11-5-3-4-7(11)9(13)14-2/h7H,3-6H2,1-2H3,(H,10,12). The average molecular weight is 200 g/mol. The van der Waals surface area contributed by atoms with Gasteiger partial charge in [-0.3, -0.25) is 14.5 Å². The van der Waals surface area contributed by atoms with E-state index in [1.807, 2.05) is 4.90 Å². The summed E-state index contributed by atoms with van der Waals surface area (Å²) in [6.45, 7) is 1.06. The number of nitrogens with zero attached hydrogens (tertiary/aromatic N) is 1. The molecule has 0 aromatic rings. The number of methoxy groups -OCH3 is 1. The van der Waals surface area contributed by atoms with Crippen LogP contribution in [0.1, 0.15) is 12.8 Å². The Bertz CT molecular complexity index is 230. The normalized spacial score (nSPS) is 22.0. The second-order valence-electron chi connectivity index (χ2n) is 3.32. The number of ether oxygens (including phenoxy) is 1. The van der Waals surface area contributed by atoms with Crippen LogP contribution >= 0.6 is 0 Å². The summed E-state index contributed by atoms with van der Waals surface area (Å²) in [5.74, 6) is -0.313. The third-order valence-corrected chi connectivity index (χ3v) is 2.46. The molecule has 1 aliphatic heterocycles. The van der Waals surface area contributed by atoms with Gasteiger partial charge in [-0.2, -0.15) is 0 Å². The zero-order chi connectivity index (χ0) is 10.6. The number of carbonyl (C=O) groups excluding carboxylic acids is 2. The highest BCUT2D eigenvalue weighted by molar-refractivity contribution is 5.80. The number of hydrogen-bond acceptors (Lipinski definition) is 4. The number of hydrogen-bond donors (Lipinski definition) is 1. The minimum Gasteiger partial charge on any atom is -0.468 e. The molecule has 5 heteroatoms. The third-order valence-electron chi connectivity index (χ3n) is 2.46. The lowest BCUT2D eigenvalue weighted by atomic mass is 10.2. The molecule has 1 amide bonds. The molecule has 0 aromatic carbocycles. The molecule has 1 rings (SSSR count). The van der Waals surface area contributed by atoms with Crippen molar-refractivity contribution in [3.05, 3.63) is 0 Å². The van der Waals surface area contributed by atoms with Gasteiger partial charge in [0.1, 0.15) is 6.04 Å². The van der Waals surface area contributed by atoms with Gasteiger partial charge in [0, 0.05) is 7.05 Å². The molecular formula is C9H16N2O3. The van der Waals surface area contributed by atoms with Crippen molar-refractivity contribution in [1.82, 2.24) is 10.2 Å². The maximum absolute atomic E-state index is 11.3. The first-order valence-electron chi connectivity index (χ1n) is 4.71. The highest BCUT2D eigenvalue weighted by atomic mass is 16.5. The molecule has 0 spiro atoms. The Morgan fingerprint density at radius 2 is 2.29 bits per heavy atom. The van der Waals surface area contributed by atoms with Crippen LogP contribution in [0.2, 0.25) is 0 Å². The van der Waals surface area contributed by atoms with Gasteiger partial charge in [0.2, 0.25) is 5.91 Å². The Hall–Kier alpha value is -1.10. The molecular weight excluding hydrogens is 184 g/mol. The minimum absolute atomic E-state index is 0.0687. The van der Waals surface area contributed by atoms with Gasteiger partial charge in [0.15, 0.2) is 0 Å². The zero-order valence-electron chi connectivity index (χ0n) is 8.58. The van der Waals surface area contributed by atoms with E-state index >= 15 is 0 Å². The molecule has 14 heavy (non-hydrogen) atoms. The maximum Gasteiger partial charge on any atom is 0.323 e. The highest BCUT2D eigenvalue weighted by Crippen LogP contribution is 2.17. The van der Waals surface area contributed by atoms with Crippen LogP contribution in [-0.2, 0) is 14.3 Å². The predicted octanol–water partition coefficient (Wildman–Crippen LogP) is -0.630. The monoisotopic (exact) mass is 200 g/mol. The van der Waals surface area contributed by atoms with Crippen LogP contribution in [-0.4, -0.2) is 50.1 Å². The summed E-state index contributed by atoms with van der Waals surface area (Å²) in [5, 5.41) is 2.54. The molecule has 80 valence electrons. The summed E-state index contributed by atoms with van der Waals surface area (Å²) >= 11 is 0. The van der Waals surface area contributed by atoms with E-state index in [9.17, 15) is 9.59 Å². The minimum atomic E-state index is -0.244. The molecule has 0 saturated carbocycles. The molecule has 0 aliphatic carbocycles. The van der Waals surface area contributed by atoms with E-state index in [2.05, 4.69) is 10.1 Å². The van der Waals surface area contributed by atoms with Crippen LogP contribution in [0.5, 0.6) is 0 Å². The number of likely N-dealkylation sites (tertiary alicyclic amines) is 1. The lowest BCUT2D eigenvalue weighted by Gasteiger charge is -2.20. The Balaban J connectivity index is 2.51. The van der Waals surface area contributed by atoms with E-state index in [1.54, 1.807) is 7.05 Å². The van der Waals surface area contributed by atoms with Gasteiger partial charge < -0.3 is 10.1 Å². The van der Waals surface area contributed by atoms with E-state index in [4.69, 9.17) is 0 Å². The molecule has 5 nitrogen and oxygen atoms in total. The SMILES string of the molecule is CNC(=O)CN1CCCC1C(=O)OC. The van der Waals surface area contributed by atoms with E-state index < -0.39 is 0 Å². The number of amides is 1. The molecule has 1 aliphatic rings. The molecule has 1 unspecified atom stereocenters. The lowest BCUT2D eigenvalue weighted by molar-refractivity contribution is -0.146. The van der Waals surface area contributed by atoms with Gasteiger partial charge in [0.25, 0.3) is 0 Å². The van der Waals surface area contributed by atoms with Crippen LogP contribution in [0, 0.1) is 0 Å². The number of esters is 1. The molecule has 1 fully saturated rings. The summed E-state index contributed by atoms with van der Waals surface area (Å²) in [4.78, 5) is 24.3. The van der Waals surface area contributed by atoms with Crippen molar-refractivity contribution >= 4 is 11.9 Å². The fourth-order valence-corrected chi connectivity index (χ4v) is 1.68. The molecule has 0 bridgehead atoms. The fraction of sp³-hybridized carbons (Fsp3) is 0.778. The summed E-state index contributed by atoms with van der Waals surface area (Å²) < 4.78 is 4.67. The molecule has 1 atom stereocenters. The van der Waals surface area contributed by atoms with E-state index in [0.29, 0.717) is 0 Å². The van der Waals surface area contributed by atoms with E-state index in [1.165, 1.54) is 7.11 Å². The summed E-state index contributed by atoms with van der Waals surface area (Å²) in [6, 6.07) is -0.239. The summed E-state index contributed by atoms with van der Waals surface area (Å²) in [6.07, 6.45) is 1.72. The van der Waals surface area contributed by atoms with Crippen LogP contribution in [0.3, 0.4) is 0 Å². The number of nitrogens with one attached hydrogen (secondary N) is 1. The smallest absolute Gasteiger partial charge is 0.323 e. The van der Waals surface area contributed by atoms with Crippen molar-refractivity contribution < 1.29 is 14.3 Å². The van der Waals surface area contributed by atoms with Gasteiger partial charge >= 0.3 is 5.97 Å². The Labute approximate surface area is 83.4 Å². The van der Waals surface area contributed by atoms with Gasteiger partial charge in [-0.05, 0) is 19.4 Å². The quantitative estimate of drug-likeness (QED) is 0.616. The van der Waals surface area contributed by atoms with Gasteiger partial charge in [-0.25, -0.2) is 0 Å². The molecule has 1 saturated heterocycles. The zero-order valence-corrected chi connectivity index (χ0v) is 8.58. The van der Waals surface area contributed by atoms with Crippen LogP contribution < -0.4 is 5.32 Å². The van der Waals surface area contributed by atoms with Crippen molar-refractivity contribution in [3.63, 3.8) is 0 Å². The Kier molecular flexibility index (Phi) is 3.88. The van der Waals surface area contributed by atoms with Crippen molar-refractivity contribution in [2.45, 2.75) is 18.9 Å². The second-order valence-corrected chi connectivity index (χ2v) is 3.32. The van der Waals surface area contributed by atoms with Gasteiger partial charge in [0.05, 0.1) is 13.7 Å². The number of likely N-dealkylation sites (N-methyl/N-ethyl adjacent to an activating group) is 1. The number of rotatable bonds is 3. The Morgan fingerprint density at radius 1 is 1.57 bits per heavy atom. The molecule has 1 N–H and O–H groups in total. The first-order chi connectivity index (χ1) is 6.69. The highest BCUT2D eigenvalue weighted by Gasteiger charge is 2.32. The largest absolute Gasteiger partial charge is 0.468 e. The van der Waals surface area contributed by atoms with Crippen molar-refractivity contribution in [1.29, 1.82) is 0 Å². The summed E-state index contributed by atoms with van der Waals surface area (Å²) in [7, 11) is 2.96. The first kappa shape index (κ1) is 11.0. The fourth-order valence-electron chi connectivity index (χ4n) is 1.68. The molecule has 0 radical (unpaired) electrons. The maximum atomic E-state index is 11.3.